The summed E-state index contributed by atoms with van der Waals surface area (Å²) in [5.41, 5.74) is -0.346. The molecule has 1 aromatic heterocycles. The number of hydrogen-bond donors (Lipinski definition) is 1. The van der Waals surface area contributed by atoms with Crippen molar-refractivity contribution in [3.05, 3.63) is 11.9 Å². The van der Waals surface area contributed by atoms with E-state index in [1.807, 2.05) is 27.7 Å². The van der Waals surface area contributed by atoms with Gasteiger partial charge in [-0.05, 0) is 27.7 Å². The summed E-state index contributed by atoms with van der Waals surface area (Å²) >= 11 is 0. The minimum absolute atomic E-state index is 0.108. The van der Waals surface area contributed by atoms with Gasteiger partial charge in [0.1, 0.15) is 0 Å². The van der Waals surface area contributed by atoms with Gasteiger partial charge in [-0.3, -0.25) is 4.79 Å². The second-order valence-corrected chi connectivity index (χ2v) is 5.64. The van der Waals surface area contributed by atoms with Gasteiger partial charge in [0.05, 0.1) is 17.4 Å². The van der Waals surface area contributed by atoms with Crippen molar-refractivity contribution in [2.45, 2.75) is 38.9 Å². The third kappa shape index (κ3) is 2.63. The van der Waals surface area contributed by atoms with E-state index in [0.29, 0.717) is 18.8 Å². The first kappa shape index (κ1) is 12.0. The summed E-state index contributed by atoms with van der Waals surface area (Å²) in [7, 11) is 0. The molecule has 1 aliphatic rings. The van der Waals surface area contributed by atoms with Crippen LogP contribution in [0.4, 0.5) is 0 Å². The second-order valence-electron chi connectivity index (χ2n) is 5.64. The van der Waals surface area contributed by atoms with E-state index in [1.165, 1.54) is 6.20 Å². The monoisotopic (exact) mass is 238 g/mol. The predicted octanol–water partition coefficient (Wildman–Crippen LogP) is 0.834. The number of ether oxygens (including phenoxy) is 1. The van der Waals surface area contributed by atoms with Crippen molar-refractivity contribution in [3.63, 3.8) is 0 Å². The molecule has 0 unspecified atom stereocenters. The Morgan fingerprint density at radius 3 is 2.41 bits per heavy atom. The molecule has 1 aromatic rings. The summed E-state index contributed by atoms with van der Waals surface area (Å²) in [5.74, 6) is -0.108. The maximum Gasteiger partial charge on any atom is 0.276 e. The number of nitrogens with one attached hydrogen (secondary N) is 1. The molecule has 1 N–H and O–H groups in total. The Hall–Kier alpha value is -1.43. The lowest BCUT2D eigenvalue weighted by atomic mass is 9.99. The molecule has 1 saturated heterocycles. The van der Waals surface area contributed by atoms with Crippen LogP contribution in [0.1, 0.15) is 38.2 Å². The molecule has 0 atom stereocenters. The van der Waals surface area contributed by atoms with Crippen LogP contribution in [0, 0.1) is 0 Å². The summed E-state index contributed by atoms with van der Waals surface area (Å²) in [6.07, 6.45) is 1.44. The number of carbonyl (C=O) groups is 1. The molecule has 1 amide bonds. The van der Waals surface area contributed by atoms with Gasteiger partial charge in [0.15, 0.2) is 5.69 Å². The van der Waals surface area contributed by atoms with Gasteiger partial charge >= 0.3 is 0 Å². The van der Waals surface area contributed by atoms with Crippen LogP contribution >= 0.6 is 0 Å². The average Bonchev–Trinajstić information content (AvgIpc) is 2.63. The van der Waals surface area contributed by atoms with Crippen LogP contribution in [0.3, 0.4) is 0 Å². The minimum Gasteiger partial charge on any atom is -0.366 e. The average molecular weight is 238 g/mol. The number of rotatable bonds is 1. The van der Waals surface area contributed by atoms with Crippen molar-refractivity contribution in [3.8, 4) is 0 Å². The molecule has 0 aromatic carbocycles. The molecule has 0 spiro atoms. The molecular formula is C11H18N4O2. The van der Waals surface area contributed by atoms with E-state index in [2.05, 4.69) is 15.4 Å². The minimum atomic E-state index is -0.346. The fourth-order valence-corrected chi connectivity index (χ4v) is 2.40. The SMILES string of the molecule is CC1(C)CN(C(=O)c2cn[nH]n2)CC(C)(C)O1. The highest BCUT2D eigenvalue weighted by Gasteiger charge is 2.40. The zero-order chi connectivity index (χ0) is 12.7. The van der Waals surface area contributed by atoms with Crippen LogP contribution in [0.25, 0.3) is 0 Å². The molecule has 94 valence electrons. The van der Waals surface area contributed by atoms with Crippen LogP contribution in [0.5, 0.6) is 0 Å². The van der Waals surface area contributed by atoms with Gasteiger partial charge in [0, 0.05) is 13.1 Å². The van der Waals surface area contributed by atoms with Crippen LogP contribution in [0.2, 0.25) is 0 Å². The molecule has 2 rings (SSSR count). The number of aromatic amines is 1. The molecule has 1 fully saturated rings. The van der Waals surface area contributed by atoms with Gasteiger partial charge < -0.3 is 9.64 Å². The van der Waals surface area contributed by atoms with E-state index in [4.69, 9.17) is 4.74 Å². The van der Waals surface area contributed by atoms with Crippen LogP contribution in [0.15, 0.2) is 6.20 Å². The number of H-pyrrole nitrogens is 1. The van der Waals surface area contributed by atoms with Gasteiger partial charge in [-0.25, -0.2) is 0 Å². The Morgan fingerprint density at radius 1 is 1.35 bits per heavy atom. The fraction of sp³-hybridized carbons (Fsp3) is 0.727. The largest absolute Gasteiger partial charge is 0.366 e. The molecular weight excluding hydrogens is 220 g/mol. The lowest BCUT2D eigenvalue weighted by Gasteiger charge is -2.46. The normalized spacial score (nSPS) is 22.5. The van der Waals surface area contributed by atoms with Gasteiger partial charge in [-0.2, -0.15) is 15.4 Å². The third-order valence-electron chi connectivity index (χ3n) is 2.62. The maximum absolute atomic E-state index is 12.2. The lowest BCUT2D eigenvalue weighted by molar-refractivity contribution is -0.171. The van der Waals surface area contributed by atoms with Crippen molar-refractivity contribution in [2.75, 3.05) is 13.1 Å². The van der Waals surface area contributed by atoms with E-state index in [1.54, 1.807) is 4.90 Å². The molecule has 0 aliphatic carbocycles. The molecule has 1 aliphatic heterocycles. The van der Waals surface area contributed by atoms with Gasteiger partial charge in [-0.15, -0.1) is 0 Å². The van der Waals surface area contributed by atoms with Crippen molar-refractivity contribution >= 4 is 5.91 Å². The highest BCUT2D eigenvalue weighted by molar-refractivity contribution is 5.92. The molecule has 6 nitrogen and oxygen atoms in total. The second kappa shape index (κ2) is 3.80. The Kier molecular flexibility index (Phi) is 2.69. The molecule has 17 heavy (non-hydrogen) atoms. The van der Waals surface area contributed by atoms with Crippen LogP contribution in [-0.2, 0) is 4.74 Å². The standard InChI is InChI=1S/C11H18N4O2/c1-10(2)6-15(7-11(3,4)17-10)9(16)8-5-12-14-13-8/h5H,6-7H2,1-4H3,(H,12,13,14). The van der Waals surface area contributed by atoms with Gasteiger partial charge in [0.2, 0.25) is 0 Å². The molecule has 6 heteroatoms. The van der Waals surface area contributed by atoms with Crippen LogP contribution < -0.4 is 0 Å². The van der Waals surface area contributed by atoms with Crippen molar-refractivity contribution < 1.29 is 9.53 Å². The van der Waals surface area contributed by atoms with E-state index in [-0.39, 0.29) is 17.1 Å². The smallest absolute Gasteiger partial charge is 0.276 e. The lowest BCUT2D eigenvalue weighted by Crippen LogP contribution is -2.58. The van der Waals surface area contributed by atoms with Crippen molar-refractivity contribution in [2.24, 2.45) is 0 Å². The summed E-state index contributed by atoms with van der Waals surface area (Å²) in [6, 6.07) is 0. The Morgan fingerprint density at radius 2 is 1.94 bits per heavy atom. The molecule has 0 bridgehead atoms. The fourth-order valence-electron chi connectivity index (χ4n) is 2.40. The quantitative estimate of drug-likeness (QED) is 0.786. The number of aromatic nitrogens is 3. The zero-order valence-corrected chi connectivity index (χ0v) is 10.6. The highest BCUT2D eigenvalue weighted by Crippen LogP contribution is 2.28. The van der Waals surface area contributed by atoms with Crippen molar-refractivity contribution in [1.29, 1.82) is 0 Å². The Balaban J connectivity index is 2.19. The number of morpholine rings is 1. The molecule has 0 saturated carbocycles. The van der Waals surface area contributed by atoms with E-state index >= 15 is 0 Å². The summed E-state index contributed by atoms with van der Waals surface area (Å²) in [6.45, 7) is 9.05. The zero-order valence-electron chi connectivity index (χ0n) is 10.6. The number of nitrogens with zero attached hydrogens (tertiary/aromatic N) is 3. The first-order valence-corrected chi connectivity index (χ1v) is 5.64. The van der Waals surface area contributed by atoms with E-state index in [9.17, 15) is 4.79 Å². The van der Waals surface area contributed by atoms with Crippen LogP contribution in [-0.4, -0.2) is 50.5 Å². The number of carbonyl (C=O) groups excluding carboxylic acids is 1. The first-order chi connectivity index (χ1) is 7.79. The Bertz CT molecular complexity index is 395. The summed E-state index contributed by atoms with van der Waals surface area (Å²) in [5, 5.41) is 9.93. The highest BCUT2D eigenvalue weighted by atomic mass is 16.5. The third-order valence-corrected chi connectivity index (χ3v) is 2.62. The predicted molar refractivity (Wildman–Crippen MR) is 61.5 cm³/mol. The molecule has 2 heterocycles. The van der Waals surface area contributed by atoms with E-state index < -0.39 is 0 Å². The maximum atomic E-state index is 12.2. The molecule has 0 radical (unpaired) electrons. The number of hydrogen-bond acceptors (Lipinski definition) is 4. The summed E-state index contributed by atoms with van der Waals surface area (Å²) in [4.78, 5) is 13.9. The summed E-state index contributed by atoms with van der Waals surface area (Å²) < 4.78 is 5.92. The van der Waals surface area contributed by atoms with Gasteiger partial charge in [0.25, 0.3) is 5.91 Å². The first-order valence-electron chi connectivity index (χ1n) is 5.64. The van der Waals surface area contributed by atoms with Gasteiger partial charge in [-0.1, -0.05) is 0 Å². The number of amides is 1. The van der Waals surface area contributed by atoms with Crippen molar-refractivity contribution in [1.82, 2.24) is 20.3 Å². The van der Waals surface area contributed by atoms with E-state index in [0.717, 1.165) is 0 Å². The topological polar surface area (TPSA) is 71.1 Å². The Labute approximate surface area is 100 Å².